The van der Waals surface area contributed by atoms with Crippen LogP contribution in [0, 0.1) is 0 Å². The summed E-state index contributed by atoms with van der Waals surface area (Å²) in [6.07, 6.45) is -1.28. The molecule has 6 heteroatoms. The first kappa shape index (κ1) is 12.5. The van der Waals surface area contributed by atoms with E-state index in [0.29, 0.717) is 6.08 Å². The van der Waals surface area contributed by atoms with E-state index >= 15 is 0 Å². The lowest BCUT2D eigenvalue weighted by Crippen LogP contribution is -1.81. The van der Waals surface area contributed by atoms with Crippen molar-refractivity contribution in [1.82, 2.24) is 0 Å². The normalized spacial score (nSPS) is 9.91. The van der Waals surface area contributed by atoms with Gasteiger partial charge in [0.2, 0.25) is 0 Å². The van der Waals surface area contributed by atoms with Gasteiger partial charge in [0.25, 0.3) is 0 Å². The highest BCUT2D eigenvalue weighted by Gasteiger charge is 1.87. The molecule has 0 aliphatic carbocycles. The molecule has 0 saturated carbocycles. The van der Waals surface area contributed by atoms with Crippen LogP contribution in [-0.2, 0) is 0 Å². The number of hydrogen-bond acceptors (Lipinski definition) is 1. The Labute approximate surface area is 60.8 Å². The molecule has 66 valence electrons. The zero-order valence-corrected chi connectivity index (χ0v) is 5.43. The Kier molecular flexibility index (Phi) is 9.98. The summed E-state index contributed by atoms with van der Waals surface area (Å²) in [6, 6.07) is 0. The van der Waals surface area contributed by atoms with Gasteiger partial charge in [0.1, 0.15) is 19.2 Å². The molecule has 0 heterocycles. The van der Waals surface area contributed by atoms with E-state index in [0.717, 1.165) is 0 Å². The van der Waals surface area contributed by atoms with Crippen molar-refractivity contribution in [3.63, 3.8) is 0 Å². The lowest BCUT2D eigenvalue weighted by molar-refractivity contribution is 0.137. The van der Waals surface area contributed by atoms with Gasteiger partial charge in [0.05, 0.1) is 0 Å². The van der Waals surface area contributed by atoms with Crippen LogP contribution in [0.5, 0.6) is 0 Å². The Bertz CT molecular complexity index is 131. The van der Waals surface area contributed by atoms with Gasteiger partial charge in [-0.1, -0.05) is 0 Å². The van der Waals surface area contributed by atoms with E-state index in [9.17, 15) is 13.2 Å². The van der Waals surface area contributed by atoms with E-state index in [4.69, 9.17) is 15.0 Å². The summed E-state index contributed by atoms with van der Waals surface area (Å²) in [4.78, 5) is 8.56. The Morgan fingerprint density at radius 1 is 1.36 bits per heavy atom. The highest BCUT2D eigenvalue weighted by atomic mass is 19.2. The second-order valence-corrected chi connectivity index (χ2v) is 1.22. The highest BCUT2D eigenvalue weighted by Crippen LogP contribution is 1.94. The van der Waals surface area contributed by atoms with Crippen molar-refractivity contribution in [3.05, 3.63) is 11.9 Å². The largest absolute Gasteiger partial charge is 0.503 e. The Morgan fingerprint density at radius 2 is 1.73 bits per heavy atom. The molecular formula is C5H7F3O3. The van der Waals surface area contributed by atoms with Crippen LogP contribution in [0.4, 0.5) is 18.0 Å². The van der Waals surface area contributed by atoms with Gasteiger partial charge < -0.3 is 10.2 Å². The molecule has 0 aliphatic heterocycles. The van der Waals surface area contributed by atoms with E-state index < -0.39 is 25.3 Å². The lowest BCUT2D eigenvalue weighted by Gasteiger charge is -1.79. The maximum atomic E-state index is 11.4. The van der Waals surface area contributed by atoms with Crippen molar-refractivity contribution in [2.45, 2.75) is 0 Å². The van der Waals surface area contributed by atoms with Crippen LogP contribution in [0.1, 0.15) is 0 Å². The quantitative estimate of drug-likeness (QED) is 0.669. The third-order valence-electron chi connectivity index (χ3n) is 0.426. The van der Waals surface area contributed by atoms with Crippen LogP contribution < -0.4 is 0 Å². The smallest absolute Gasteiger partial charge is 0.450 e. The van der Waals surface area contributed by atoms with Crippen molar-refractivity contribution in [3.8, 4) is 0 Å². The van der Waals surface area contributed by atoms with E-state index in [1.54, 1.807) is 0 Å². The molecule has 0 radical (unpaired) electrons. The second-order valence-electron chi connectivity index (χ2n) is 1.22. The first-order valence-corrected chi connectivity index (χ1v) is 2.43. The van der Waals surface area contributed by atoms with Crippen LogP contribution in [0.3, 0.4) is 0 Å². The number of rotatable bonds is 2. The molecule has 0 aliphatic rings. The highest BCUT2D eigenvalue weighted by molar-refractivity contribution is 5.53. The van der Waals surface area contributed by atoms with Crippen LogP contribution >= 0.6 is 0 Å². The number of alkyl halides is 2. The van der Waals surface area contributed by atoms with E-state index in [1.807, 2.05) is 0 Å². The number of halogens is 3. The summed E-state index contributed by atoms with van der Waals surface area (Å²) in [5.74, 6) is -1.04. The summed E-state index contributed by atoms with van der Waals surface area (Å²) in [5, 5.41) is 13.9. The van der Waals surface area contributed by atoms with Gasteiger partial charge in [-0.3, -0.25) is 0 Å². The fraction of sp³-hybridized carbons (Fsp3) is 0.400. The zero-order valence-electron chi connectivity index (χ0n) is 5.43. The van der Waals surface area contributed by atoms with E-state index in [1.165, 1.54) is 0 Å². The van der Waals surface area contributed by atoms with Gasteiger partial charge >= 0.3 is 6.16 Å². The molecule has 0 aromatic heterocycles. The molecule has 2 N–H and O–H groups in total. The average molecular weight is 172 g/mol. The van der Waals surface area contributed by atoms with Crippen molar-refractivity contribution in [1.29, 1.82) is 0 Å². The number of allylic oxidation sites excluding steroid dienone is 2. The first-order chi connectivity index (χ1) is 5.04. The number of hydrogen-bond donors (Lipinski definition) is 2. The van der Waals surface area contributed by atoms with Crippen LogP contribution in [0.2, 0.25) is 0 Å². The van der Waals surface area contributed by atoms with Crippen molar-refractivity contribution < 1.29 is 28.2 Å². The fourth-order valence-electron chi connectivity index (χ4n) is 0.138. The molecule has 0 rings (SSSR count). The van der Waals surface area contributed by atoms with Gasteiger partial charge in [-0.2, -0.15) is 0 Å². The Hall–Kier alpha value is -1.20. The molecule has 0 aromatic carbocycles. The molecule has 0 bridgehead atoms. The predicted octanol–water partition coefficient (Wildman–Crippen LogP) is 2.00. The van der Waals surface area contributed by atoms with Crippen molar-refractivity contribution in [2.24, 2.45) is 0 Å². The van der Waals surface area contributed by atoms with Gasteiger partial charge in [-0.05, 0) is 6.08 Å². The standard InChI is InChI=1S/C4H5F3.CH2O3/c5-2-1-4(7)3-6;2-1(3)4/h1H,2-3H2;(H2,2,3,4). The summed E-state index contributed by atoms with van der Waals surface area (Å²) in [7, 11) is 0. The van der Waals surface area contributed by atoms with Gasteiger partial charge in [-0.25, -0.2) is 18.0 Å². The molecule has 0 saturated heterocycles. The van der Waals surface area contributed by atoms with Gasteiger partial charge in [0.15, 0.2) is 0 Å². The number of carbonyl (C=O) groups is 1. The summed E-state index contributed by atoms with van der Waals surface area (Å²) >= 11 is 0. The molecule has 0 fully saturated rings. The van der Waals surface area contributed by atoms with Crippen LogP contribution in [-0.4, -0.2) is 29.7 Å². The minimum Gasteiger partial charge on any atom is -0.450 e. The van der Waals surface area contributed by atoms with Crippen LogP contribution in [0.15, 0.2) is 11.9 Å². The summed E-state index contributed by atoms with van der Waals surface area (Å²) < 4.78 is 33.3. The van der Waals surface area contributed by atoms with Crippen molar-refractivity contribution in [2.75, 3.05) is 13.3 Å². The molecule has 0 unspecified atom stereocenters. The molecular weight excluding hydrogens is 165 g/mol. The zero-order chi connectivity index (χ0) is 9.28. The lowest BCUT2D eigenvalue weighted by atomic mass is 10.5. The molecule has 0 atom stereocenters. The molecule has 0 aromatic rings. The maximum absolute atomic E-state index is 11.4. The summed E-state index contributed by atoms with van der Waals surface area (Å²) in [6.45, 7) is -2.14. The maximum Gasteiger partial charge on any atom is 0.503 e. The van der Waals surface area contributed by atoms with Crippen molar-refractivity contribution >= 4 is 6.16 Å². The fourth-order valence-corrected chi connectivity index (χ4v) is 0.138. The minimum atomic E-state index is -1.83. The Balaban J connectivity index is 0. The first-order valence-electron chi connectivity index (χ1n) is 2.43. The van der Waals surface area contributed by atoms with Crippen LogP contribution in [0.25, 0.3) is 0 Å². The second kappa shape index (κ2) is 8.80. The molecule has 0 amide bonds. The molecule has 0 spiro atoms. The third kappa shape index (κ3) is 28.2. The summed E-state index contributed by atoms with van der Waals surface area (Å²) in [5.41, 5.74) is 0. The molecule has 3 nitrogen and oxygen atoms in total. The number of carboxylic acid groups (broad SMARTS) is 2. The minimum absolute atomic E-state index is 0.556. The van der Waals surface area contributed by atoms with Gasteiger partial charge in [-0.15, -0.1) is 0 Å². The predicted molar refractivity (Wildman–Crippen MR) is 31.8 cm³/mol. The Morgan fingerprint density at radius 3 is 1.82 bits per heavy atom. The van der Waals surface area contributed by atoms with Gasteiger partial charge in [0, 0.05) is 0 Å². The SMILES string of the molecule is FCC=C(F)CF.O=C(O)O. The molecule has 11 heavy (non-hydrogen) atoms. The third-order valence-corrected chi connectivity index (χ3v) is 0.426. The van der Waals surface area contributed by atoms with E-state index in [2.05, 4.69) is 0 Å². The van der Waals surface area contributed by atoms with E-state index in [-0.39, 0.29) is 0 Å². The average Bonchev–Trinajstić information content (AvgIpc) is 1.87. The topological polar surface area (TPSA) is 57.5 Å². The monoisotopic (exact) mass is 172 g/mol.